The van der Waals surface area contributed by atoms with E-state index in [1.807, 2.05) is 43.3 Å². The van der Waals surface area contributed by atoms with Gasteiger partial charge in [-0.15, -0.1) is 0 Å². The molecular formula is C31H39N5O4S. The number of likely N-dealkylation sites (tertiary alicyclic amines) is 1. The van der Waals surface area contributed by atoms with Gasteiger partial charge in [-0.3, -0.25) is 9.48 Å². The first-order valence-electron chi connectivity index (χ1n) is 14.4. The van der Waals surface area contributed by atoms with E-state index >= 15 is 0 Å². The average Bonchev–Trinajstić information content (AvgIpc) is 3.60. The van der Waals surface area contributed by atoms with Crippen molar-refractivity contribution in [1.29, 1.82) is 0 Å². The number of pyridine rings is 1. The van der Waals surface area contributed by atoms with Gasteiger partial charge in [0.05, 0.1) is 22.9 Å². The molecule has 9 nitrogen and oxygen atoms in total. The van der Waals surface area contributed by atoms with Crippen LogP contribution in [-0.2, 0) is 30.0 Å². The normalized spacial score (nSPS) is 14.3. The average molecular weight is 578 g/mol. The Morgan fingerprint density at radius 3 is 2.51 bits per heavy atom. The second kappa shape index (κ2) is 12.6. The number of ether oxygens (including phenoxy) is 1. The Bertz CT molecular complexity index is 1660. The summed E-state index contributed by atoms with van der Waals surface area (Å²) >= 11 is 0. The van der Waals surface area contributed by atoms with Crippen LogP contribution in [-0.4, -0.2) is 65.2 Å². The molecule has 218 valence electrons. The van der Waals surface area contributed by atoms with Crippen LogP contribution in [0.15, 0.2) is 64.3 Å². The van der Waals surface area contributed by atoms with Gasteiger partial charge in [-0.1, -0.05) is 43.7 Å². The van der Waals surface area contributed by atoms with E-state index in [1.165, 1.54) is 0 Å². The molecule has 0 bridgehead atoms. The van der Waals surface area contributed by atoms with Crippen LogP contribution in [0, 0.1) is 0 Å². The fourth-order valence-electron chi connectivity index (χ4n) is 5.59. The predicted octanol–water partition coefficient (Wildman–Crippen LogP) is 4.57. The molecule has 0 radical (unpaired) electrons. The maximum atomic E-state index is 14.2. The quantitative estimate of drug-likeness (QED) is 0.265. The molecule has 0 amide bonds. The zero-order valence-electron chi connectivity index (χ0n) is 24.1. The molecule has 0 aliphatic carbocycles. The molecule has 1 aliphatic rings. The van der Waals surface area contributed by atoms with Gasteiger partial charge in [0.2, 0.25) is 10.0 Å². The summed E-state index contributed by atoms with van der Waals surface area (Å²) in [5.74, 6) is 0.508. The second-order valence-electron chi connectivity index (χ2n) is 10.6. The van der Waals surface area contributed by atoms with Crippen molar-refractivity contribution in [3.8, 4) is 17.0 Å². The molecule has 1 fully saturated rings. The van der Waals surface area contributed by atoms with Crippen LogP contribution in [0.25, 0.3) is 22.2 Å². The Morgan fingerprint density at radius 1 is 1.05 bits per heavy atom. The van der Waals surface area contributed by atoms with Crippen molar-refractivity contribution in [2.75, 3.05) is 32.8 Å². The Balaban J connectivity index is 1.58. The number of aromatic amines is 1. The minimum atomic E-state index is -3.88. The molecule has 0 unspecified atom stereocenters. The molecule has 3 heterocycles. The van der Waals surface area contributed by atoms with E-state index < -0.39 is 10.0 Å². The largest absolute Gasteiger partial charge is 0.493 e. The molecule has 1 aliphatic heterocycles. The van der Waals surface area contributed by atoms with E-state index in [9.17, 15) is 13.2 Å². The highest BCUT2D eigenvalue weighted by molar-refractivity contribution is 7.89. The van der Waals surface area contributed by atoms with Gasteiger partial charge in [-0.25, -0.2) is 8.42 Å². The first-order chi connectivity index (χ1) is 19.8. The summed E-state index contributed by atoms with van der Waals surface area (Å²) in [6.07, 6.45) is 3.92. The third-order valence-electron chi connectivity index (χ3n) is 7.64. The molecule has 1 saturated heterocycles. The maximum Gasteiger partial charge on any atom is 0.274 e. The number of sulfonamides is 1. The molecule has 1 N–H and O–H groups in total. The first-order valence-corrected chi connectivity index (χ1v) is 15.9. The van der Waals surface area contributed by atoms with Crippen molar-refractivity contribution in [3.63, 3.8) is 0 Å². The fraction of sp³-hybridized carbons (Fsp3) is 0.419. The Labute approximate surface area is 241 Å². The Morgan fingerprint density at radius 2 is 1.80 bits per heavy atom. The number of fused-ring (bicyclic) bond motifs is 1. The van der Waals surface area contributed by atoms with E-state index in [4.69, 9.17) is 4.74 Å². The number of nitrogens with one attached hydrogen (secondary N) is 1. The number of aryl methyl sites for hydroxylation is 2. The summed E-state index contributed by atoms with van der Waals surface area (Å²) in [6, 6.07) is 16.5. The summed E-state index contributed by atoms with van der Waals surface area (Å²) in [4.78, 5) is 18.6. The van der Waals surface area contributed by atoms with Crippen molar-refractivity contribution < 1.29 is 13.2 Å². The number of hydrogen-bond donors (Lipinski definition) is 1. The van der Waals surface area contributed by atoms with Gasteiger partial charge in [0.1, 0.15) is 11.3 Å². The third-order valence-corrected chi connectivity index (χ3v) is 9.49. The van der Waals surface area contributed by atoms with E-state index in [2.05, 4.69) is 21.9 Å². The predicted molar refractivity (Wildman–Crippen MR) is 162 cm³/mol. The van der Waals surface area contributed by atoms with Crippen LogP contribution in [0.2, 0.25) is 0 Å². The van der Waals surface area contributed by atoms with Crippen molar-refractivity contribution >= 4 is 20.9 Å². The Hall–Kier alpha value is -3.47. The molecule has 0 atom stereocenters. The van der Waals surface area contributed by atoms with Gasteiger partial charge in [0.15, 0.2) is 0 Å². The lowest BCUT2D eigenvalue weighted by molar-refractivity contribution is 0.292. The molecule has 2 aromatic heterocycles. The Kier molecular flexibility index (Phi) is 8.91. The summed E-state index contributed by atoms with van der Waals surface area (Å²) in [5, 5.41) is 5.33. The van der Waals surface area contributed by atoms with Crippen molar-refractivity contribution in [3.05, 3.63) is 76.2 Å². The van der Waals surface area contributed by atoms with Crippen LogP contribution < -0.4 is 10.3 Å². The van der Waals surface area contributed by atoms with Crippen molar-refractivity contribution in [2.24, 2.45) is 7.05 Å². The van der Waals surface area contributed by atoms with Crippen LogP contribution >= 0.6 is 0 Å². The lowest BCUT2D eigenvalue weighted by Gasteiger charge is -2.25. The first kappa shape index (κ1) is 29.0. The smallest absolute Gasteiger partial charge is 0.274 e. The highest BCUT2D eigenvalue weighted by Crippen LogP contribution is 2.34. The van der Waals surface area contributed by atoms with Gasteiger partial charge in [0.25, 0.3) is 5.56 Å². The molecule has 0 saturated carbocycles. The molecule has 2 aromatic carbocycles. The molecule has 41 heavy (non-hydrogen) atoms. The lowest BCUT2D eigenvalue weighted by Crippen LogP contribution is -2.37. The van der Waals surface area contributed by atoms with Gasteiger partial charge in [-0.2, -0.15) is 9.40 Å². The third kappa shape index (κ3) is 6.24. The van der Waals surface area contributed by atoms with Gasteiger partial charge >= 0.3 is 0 Å². The van der Waals surface area contributed by atoms with Crippen LogP contribution in [0.1, 0.15) is 44.4 Å². The second-order valence-corrected chi connectivity index (χ2v) is 12.5. The van der Waals surface area contributed by atoms with E-state index in [-0.39, 0.29) is 17.0 Å². The topological polar surface area (TPSA) is 101 Å². The number of rotatable bonds is 12. The summed E-state index contributed by atoms with van der Waals surface area (Å²) in [7, 11) is -2.11. The molecular weight excluding hydrogens is 538 g/mol. The number of H-pyrrole nitrogens is 1. The van der Waals surface area contributed by atoms with Crippen molar-refractivity contribution in [2.45, 2.75) is 51.0 Å². The number of benzene rings is 2. The van der Waals surface area contributed by atoms with Gasteiger partial charge < -0.3 is 14.6 Å². The SMILES string of the molecule is CCCc1nn(C)c2c(=O)[nH]c(-c3cc(S(=O)(=O)N(CCN4CCCC4)Cc4ccccc4)ccc3OCC)cc12. The molecule has 0 spiro atoms. The summed E-state index contributed by atoms with van der Waals surface area (Å²) in [5.41, 5.74) is 3.02. The van der Waals surface area contributed by atoms with Gasteiger partial charge in [-0.05, 0) is 69.1 Å². The molecule has 10 heteroatoms. The minimum absolute atomic E-state index is 0.161. The van der Waals surface area contributed by atoms with Crippen LogP contribution in [0.5, 0.6) is 5.75 Å². The highest BCUT2D eigenvalue weighted by atomic mass is 32.2. The number of nitrogens with zero attached hydrogens (tertiary/aromatic N) is 4. The maximum absolute atomic E-state index is 14.2. The van der Waals surface area contributed by atoms with E-state index in [0.717, 1.165) is 55.4 Å². The fourth-order valence-corrected chi connectivity index (χ4v) is 7.03. The number of aromatic nitrogens is 3. The van der Waals surface area contributed by atoms with Crippen molar-refractivity contribution in [1.82, 2.24) is 24.0 Å². The van der Waals surface area contributed by atoms with E-state index in [1.54, 1.807) is 34.2 Å². The number of hydrogen-bond acceptors (Lipinski definition) is 6. The molecule has 5 rings (SSSR count). The van der Waals surface area contributed by atoms with Crippen LogP contribution in [0.3, 0.4) is 0 Å². The monoisotopic (exact) mass is 577 g/mol. The lowest BCUT2D eigenvalue weighted by atomic mass is 10.1. The van der Waals surface area contributed by atoms with Crippen LogP contribution in [0.4, 0.5) is 0 Å². The zero-order valence-corrected chi connectivity index (χ0v) is 24.9. The van der Waals surface area contributed by atoms with Gasteiger partial charge in [0, 0.05) is 37.6 Å². The van der Waals surface area contributed by atoms with E-state index in [0.29, 0.717) is 42.2 Å². The standard InChI is InChI=1S/C31H39N5O4S/c1-4-11-27-26-21-28(32-31(37)30(26)34(3)33-27)25-20-24(14-15-29(25)40-5-2)41(38,39)36(19-18-35-16-9-10-17-35)22-23-12-7-6-8-13-23/h6-8,12-15,20-21H,4-5,9-11,16-19,22H2,1-3H3,(H,32,37). The zero-order chi connectivity index (χ0) is 29.0. The summed E-state index contributed by atoms with van der Waals surface area (Å²) < 4.78 is 37.5. The highest BCUT2D eigenvalue weighted by Gasteiger charge is 2.27. The molecule has 4 aromatic rings. The minimum Gasteiger partial charge on any atom is -0.493 e. The summed E-state index contributed by atoms with van der Waals surface area (Å²) in [6.45, 7) is 7.68.